The average Bonchev–Trinajstić information content (AvgIpc) is 2.68. The highest BCUT2D eigenvalue weighted by Crippen LogP contribution is 2.75. The third-order valence-electron chi connectivity index (χ3n) is 12.3. The molecule has 3 saturated carbocycles. The summed E-state index contributed by atoms with van der Waals surface area (Å²) < 4.78 is 0. The number of rotatable bonds is 1. The van der Waals surface area contributed by atoms with Gasteiger partial charge in [0.15, 0.2) is 0 Å². The fraction of sp³-hybridized carbons (Fsp3) is 0.833. The topological polar surface area (TPSA) is 57.5 Å². The van der Waals surface area contributed by atoms with Crippen LogP contribution in [0.5, 0.6) is 0 Å². The number of carboxylic acids is 1. The highest BCUT2D eigenvalue weighted by molar-refractivity contribution is 5.76. The molecule has 33 heavy (non-hydrogen) atoms. The Morgan fingerprint density at radius 1 is 0.970 bits per heavy atom. The molecule has 2 N–H and O–H groups in total. The zero-order chi connectivity index (χ0) is 24.2. The van der Waals surface area contributed by atoms with Crippen LogP contribution < -0.4 is 0 Å². The van der Waals surface area contributed by atoms with E-state index in [0.717, 1.165) is 44.9 Å². The van der Waals surface area contributed by atoms with Gasteiger partial charge in [0.1, 0.15) is 0 Å². The molecule has 0 bridgehead atoms. The van der Waals surface area contributed by atoms with Gasteiger partial charge in [0.25, 0.3) is 0 Å². The molecule has 5 aliphatic rings. The molecule has 0 aliphatic heterocycles. The van der Waals surface area contributed by atoms with Crippen LogP contribution in [-0.2, 0) is 4.79 Å². The Morgan fingerprint density at radius 3 is 2.30 bits per heavy atom. The minimum absolute atomic E-state index is 0.0186. The molecule has 0 aromatic heterocycles. The molecule has 0 saturated heterocycles. The average molecular weight is 455 g/mol. The van der Waals surface area contributed by atoms with E-state index in [1.807, 2.05) is 0 Å². The van der Waals surface area contributed by atoms with E-state index in [-0.39, 0.29) is 38.9 Å². The van der Waals surface area contributed by atoms with Crippen LogP contribution in [0.4, 0.5) is 0 Å². The molecule has 4 unspecified atom stereocenters. The first-order chi connectivity index (χ1) is 15.1. The highest BCUT2D eigenvalue weighted by Gasteiger charge is 2.69. The maximum absolute atomic E-state index is 12.8. The summed E-state index contributed by atoms with van der Waals surface area (Å²) in [5, 5.41) is 22.4. The lowest BCUT2D eigenvalue weighted by molar-refractivity contribution is -0.196. The molecule has 184 valence electrons. The molecular weight excluding hydrogens is 408 g/mol. The molecular formula is C30H46O3. The standard InChI is InChI=1S/C30H46O3/c1-25(2)13-15-30(24(32)33)16-14-28(6)19(20(30)18-25)17-21(31)23-27(5)11-8-10-26(3,4)22(27)9-12-29(23,28)7/h8,10,17,20-23,31H,9,11-16,18H2,1-7H3,(H,32,33)/t20?,21?,22?,23?,27-,28+,29+,30-/m0/s1. The van der Waals surface area contributed by atoms with Crippen LogP contribution in [0.25, 0.3) is 0 Å². The van der Waals surface area contributed by atoms with E-state index in [2.05, 4.69) is 66.7 Å². The molecule has 0 spiro atoms. The number of aliphatic hydroxyl groups excluding tert-OH is 1. The van der Waals surface area contributed by atoms with Gasteiger partial charge in [-0.3, -0.25) is 4.79 Å². The molecule has 5 aliphatic carbocycles. The van der Waals surface area contributed by atoms with E-state index < -0.39 is 17.5 Å². The van der Waals surface area contributed by atoms with Crippen molar-refractivity contribution in [2.24, 2.45) is 50.2 Å². The Bertz CT molecular complexity index is 927. The van der Waals surface area contributed by atoms with Crippen molar-refractivity contribution in [2.75, 3.05) is 0 Å². The first-order valence-electron chi connectivity index (χ1n) is 13.4. The Kier molecular flexibility index (Phi) is 4.85. The molecule has 3 heteroatoms. The van der Waals surface area contributed by atoms with E-state index >= 15 is 0 Å². The van der Waals surface area contributed by atoms with E-state index in [4.69, 9.17) is 0 Å². The van der Waals surface area contributed by atoms with Gasteiger partial charge in [-0.05, 0) is 90.3 Å². The molecule has 5 rings (SSSR count). The number of hydrogen-bond acceptors (Lipinski definition) is 2. The van der Waals surface area contributed by atoms with Crippen molar-refractivity contribution in [1.29, 1.82) is 0 Å². The van der Waals surface area contributed by atoms with Crippen LogP contribution in [0.2, 0.25) is 0 Å². The maximum Gasteiger partial charge on any atom is 0.310 e. The fourth-order valence-corrected chi connectivity index (χ4v) is 10.3. The van der Waals surface area contributed by atoms with Gasteiger partial charge in [-0.25, -0.2) is 0 Å². The second-order valence-electron chi connectivity index (χ2n) is 14.7. The number of aliphatic hydroxyl groups is 1. The number of hydrogen-bond donors (Lipinski definition) is 2. The van der Waals surface area contributed by atoms with Crippen LogP contribution in [-0.4, -0.2) is 22.3 Å². The first kappa shape index (κ1) is 23.6. The quantitative estimate of drug-likeness (QED) is 0.419. The van der Waals surface area contributed by atoms with Gasteiger partial charge < -0.3 is 10.2 Å². The summed E-state index contributed by atoms with van der Waals surface area (Å²) in [5.74, 6) is 0.202. The fourth-order valence-electron chi connectivity index (χ4n) is 10.3. The maximum atomic E-state index is 12.8. The summed E-state index contributed by atoms with van der Waals surface area (Å²) in [6, 6.07) is 0. The lowest BCUT2D eigenvalue weighted by Gasteiger charge is -2.71. The summed E-state index contributed by atoms with van der Waals surface area (Å²) in [4.78, 5) is 12.8. The second kappa shape index (κ2) is 6.77. The second-order valence-corrected chi connectivity index (χ2v) is 14.7. The summed E-state index contributed by atoms with van der Waals surface area (Å²) in [6.45, 7) is 16.7. The molecule has 0 aromatic carbocycles. The summed E-state index contributed by atoms with van der Waals surface area (Å²) in [7, 11) is 0. The number of aliphatic carboxylic acids is 1. The number of carboxylic acid groups (broad SMARTS) is 1. The minimum atomic E-state index is -0.652. The predicted molar refractivity (Wildman–Crippen MR) is 133 cm³/mol. The Morgan fingerprint density at radius 2 is 1.64 bits per heavy atom. The van der Waals surface area contributed by atoms with Crippen molar-refractivity contribution in [3.05, 3.63) is 23.8 Å². The van der Waals surface area contributed by atoms with Gasteiger partial charge in [-0.15, -0.1) is 0 Å². The normalized spacial score (nSPS) is 51.9. The lowest BCUT2D eigenvalue weighted by Crippen LogP contribution is -2.66. The van der Waals surface area contributed by atoms with E-state index in [0.29, 0.717) is 5.92 Å². The van der Waals surface area contributed by atoms with Crippen LogP contribution in [0, 0.1) is 50.2 Å². The van der Waals surface area contributed by atoms with Gasteiger partial charge in [0.05, 0.1) is 11.5 Å². The SMILES string of the molecule is CC1(C)CC[C@]2(C(=O)O)CC[C@]3(C)C(=CC(O)C4[C@@]5(C)CC=CC(C)(C)C5CC[C@]43C)C2C1. The van der Waals surface area contributed by atoms with Gasteiger partial charge in [0, 0.05) is 5.92 Å². The van der Waals surface area contributed by atoms with Gasteiger partial charge in [-0.1, -0.05) is 72.3 Å². The van der Waals surface area contributed by atoms with Crippen molar-refractivity contribution in [3.8, 4) is 0 Å². The van der Waals surface area contributed by atoms with E-state index in [1.54, 1.807) is 0 Å². The molecule has 0 amide bonds. The van der Waals surface area contributed by atoms with Crippen molar-refractivity contribution in [1.82, 2.24) is 0 Å². The molecule has 0 aromatic rings. The largest absolute Gasteiger partial charge is 0.481 e. The Balaban J connectivity index is 1.66. The molecule has 0 radical (unpaired) electrons. The predicted octanol–water partition coefficient (Wildman–Crippen LogP) is 7.01. The van der Waals surface area contributed by atoms with Crippen LogP contribution in [0.1, 0.15) is 99.8 Å². The number of fused-ring (bicyclic) bond motifs is 7. The molecule has 8 atom stereocenters. The Hall–Kier alpha value is -1.09. The van der Waals surface area contributed by atoms with Crippen molar-refractivity contribution < 1.29 is 15.0 Å². The summed E-state index contributed by atoms with van der Waals surface area (Å²) >= 11 is 0. The van der Waals surface area contributed by atoms with Gasteiger partial charge in [0.2, 0.25) is 0 Å². The summed E-state index contributed by atoms with van der Waals surface area (Å²) in [5.41, 5.74) is 0.930. The summed E-state index contributed by atoms with van der Waals surface area (Å²) in [6.07, 6.45) is 14.2. The zero-order valence-electron chi connectivity index (χ0n) is 22.0. The number of carbonyl (C=O) groups is 1. The number of allylic oxidation sites excluding steroid dienone is 3. The van der Waals surface area contributed by atoms with Crippen molar-refractivity contribution in [2.45, 2.75) is 106 Å². The third-order valence-corrected chi connectivity index (χ3v) is 12.3. The van der Waals surface area contributed by atoms with Crippen LogP contribution in [0.15, 0.2) is 23.8 Å². The zero-order valence-corrected chi connectivity index (χ0v) is 22.0. The first-order valence-corrected chi connectivity index (χ1v) is 13.4. The highest BCUT2D eigenvalue weighted by atomic mass is 16.4. The van der Waals surface area contributed by atoms with Crippen LogP contribution in [0.3, 0.4) is 0 Å². The van der Waals surface area contributed by atoms with Crippen molar-refractivity contribution in [3.63, 3.8) is 0 Å². The lowest BCUT2D eigenvalue weighted by atomic mass is 9.33. The third kappa shape index (κ3) is 2.87. The Labute approximate surface area is 201 Å². The molecule has 3 nitrogen and oxygen atoms in total. The van der Waals surface area contributed by atoms with E-state index in [1.165, 1.54) is 12.0 Å². The monoisotopic (exact) mass is 454 g/mol. The van der Waals surface area contributed by atoms with Crippen LogP contribution >= 0.6 is 0 Å². The molecule has 0 heterocycles. The van der Waals surface area contributed by atoms with Crippen molar-refractivity contribution >= 4 is 5.97 Å². The van der Waals surface area contributed by atoms with Gasteiger partial charge in [-0.2, -0.15) is 0 Å². The van der Waals surface area contributed by atoms with E-state index in [9.17, 15) is 15.0 Å². The van der Waals surface area contributed by atoms with Gasteiger partial charge >= 0.3 is 5.97 Å². The smallest absolute Gasteiger partial charge is 0.310 e. The molecule has 3 fully saturated rings. The minimum Gasteiger partial charge on any atom is -0.481 e.